The molecule has 1 aliphatic carbocycles. The second kappa shape index (κ2) is 6.74. The van der Waals surface area contributed by atoms with E-state index in [0.717, 1.165) is 24.9 Å². The number of anilines is 1. The number of hydrogen-bond acceptors (Lipinski definition) is 1. The van der Waals surface area contributed by atoms with Crippen LogP contribution >= 0.6 is 0 Å². The van der Waals surface area contributed by atoms with Gasteiger partial charge in [-0.1, -0.05) is 45.2 Å². The van der Waals surface area contributed by atoms with Crippen molar-refractivity contribution < 1.29 is 6.22 Å². The van der Waals surface area contributed by atoms with Gasteiger partial charge in [-0.3, -0.25) is 4.79 Å². The Hall–Kier alpha value is -1.31. The first kappa shape index (κ1) is 14.1. The second-order valence-electron chi connectivity index (χ2n) is 5.76. The Bertz CT molecular complexity index is 410. The molecule has 106 valence electrons. The molecule has 0 aromatic heterocycles. The van der Waals surface area contributed by atoms with Crippen molar-refractivity contribution in [1.29, 1.82) is 0 Å². The first-order valence-corrected chi connectivity index (χ1v) is 7.61. The molecule has 1 aliphatic rings. The van der Waals surface area contributed by atoms with Crippen LogP contribution in [0.25, 0.3) is 0 Å². The first-order valence-electron chi connectivity index (χ1n) is 7.61. The third-order valence-corrected chi connectivity index (χ3v) is 4.34. The highest BCUT2D eigenvalue weighted by Crippen LogP contribution is 2.25. The summed E-state index contributed by atoms with van der Waals surface area (Å²) in [5, 5.41) is 3.06. The van der Waals surface area contributed by atoms with E-state index in [0.29, 0.717) is 5.92 Å². The number of carbonyl (C=O) groups is 1. The maximum Gasteiger partial charge on any atom is 0.227 e. The maximum atomic E-state index is 12.1. The molecule has 2 nitrogen and oxygen atoms in total. The van der Waals surface area contributed by atoms with Crippen LogP contribution in [-0.2, 0) is 4.79 Å². The van der Waals surface area contributed by atoms with Gasteiger partial charge >= 0.3 is 0 Å². The minimum Gasteiger partial charge on any atom is -0.326 e. The Morgan fingerprint density at radius 1 is 1.26 bits per heavy atom. The number of rotatable bonds is 4. The van der Waals surface area contributed by atoms with Crippen LogP contribution in [0.4, 0.5) is 5.69 Å². The van der Waals surface area contributed by atoms with Crippen LogP contribution in [0, 0.1) is 5.92 Å². The highest BCUT2D eigenvalue weighted by Gasteiger charge is 2.20. The van der Waals surface area contributed by atoms with E-state index in [1.54, 1.807) is 0 Å². The monoisotopic (exact) mass is 261 g/mol. The van der Waals surface area contributed by atoms with Crippen molar-refractivity contribution in [1.82, 2.24) is 0 Å². The summed E-state index contributed by atoms with van der Waals surface area (Å²) in [5.41, 5.74) is 2.28. The zero-order chi connectivity index (χ0) is 13.7. The Labute approximate surface area is 118 Å². The average molecular weight is 261 g/mol. The topological polar surface area (TPSA) is 29.1 Å². The number of hydrogen-bond donors (Lipinski definition) is 1. The zero-order valence-corrected chi connectivity index (χ0v) is 12.1. The summed E-state index contributed by atoms with van der Waals surface area (Å²) in [6, 6.07) is 8.32. The smallest absolute Gasteiger partial charge is 0.227 e. The van der Waals surface area contributed by atoms with Crippen molar-refractivity contribution >= 4 is 11.6 Å². The zero-order valence-electron chi connectivity index (χ0n) is 12.1. The quantitative estimate of drug-likeness (QED) is 0.815. The predicted molar refractivity (Wildman–Crippen MR) is 82.5 cm³/mol. The summed E-state index contributed by atoms with van der Waals surface area (Å²) < 4.78 is 0. The van der Waals surface area contributed by atoms with Gasteiger partial charge in [0.2, 0.25) is 5.91 Å². The van der Waals surface area contributed by atoms with E-state index in [1.165, 1.54) is 24.8 Å². The van der Waals surface area contributed by atoms with Gasteiger partial charge in [-0.25, -0.2) is 0 Å². The van der Waals surface area contributed by atoms with Crippen LogP contribution in [0.2, 0.25) is 0 Å². The Kier molecular flexibility index (Phi) is 5.00. The molecule has 1 amide bonds. The van der Waals surface area contributed by atoms with Gasteiger partial charge in [0.15, 0.2) is 0 Å². The SMILES string of the molecule is CCC(C)c1ccc(NC(=O)C2CCCCC2)cc1.[HH]. The molecule has 1 N–H and O–H groups in total. The minimum atomic E-state index is 0. The lowest BCUT2D eigenvalue weighted by atomic mass is 9.88. The number of carbonyl (C=O) groups excluding carboxylic acids is 1. The maximum absolute atomic E-state index is 12.1. The molecule has 1 unspecified atom stereocenters. The Morgan fingerprint density at radius 2 is 1.89 bits per heavy atom. The summed E-state index contributed by atoms with van der Waals surface area (Å²) in [6.07, 6.45) is 6.94. The van der Waals surface area contributed by atoms with Crippen LogP contribution in [-0.4, -0.2) is 5.91 Å². The summed E-state index contributed by atoms with van der Waals surface area (Å²) in [7, 11) is 0. The van der Waals surface area contributed by atoms with Crippen molar-refractivity contribution in [3.05, 3.63) is 29.8 Å². The molecule has 19 heavy (non-hydrogen) atoms. The molecule has 2 heteroatoms. The lowest BCUT2D eigenvalue weighted by Gasteiger charge is -2.20. The normalized spacial score (nSPS) is 18.0. The van der Waals surface area contributed by atoms with Crippen LogP contribution in [0.5, 0.6) is 0 Å². The standard InChI is InChI=1S/C17H25NO.H2/c1-3-13(2)14-9-11-16(12-10-14)18-17(19)15-7-5-4-6-8-15;/h9-13,15H,3-8H2,1-2H3,(H,18,19);1H. The lowest BCUT2D eigenvalue weighted by molar-refractivity contribution is -0.120. The summed E-state index contributed by atoms with van der Waals surface area (Å²) in [5.74, 6) is 1.02. The first-order chi connectivity index (χ1) is 9.20. The van der Waals surface area contributed by atoms with Gasteiger partial charge in [0, 0.05) is 13.0 Å². The molecule has 1 fully saturated rings. The molecule has 2 rings (SSSR count). The molecular formula is C17H27NO. The summed E-state index contributed by atoms with van der Waals surface area (Å²) in [4.78, 5) is 12.1. The Balaban J connectivity index is 0.00000200. The number of amides is 1. The number of nitrogens with one attached hydrogen (secondary N) is 1. The predicted octanol–water partition coefficient (Wildman–Crippen LogP) is 4.96. The third kappa shape index (κ3) is 3.82. The van der Waals surface area contributed by atoms with Crippen molar-refractivity contribution in [2.75, 3.05) is 5.32 Å². The molecule has 0 aliphatic heterocycles. The van der Waals surface area contributed by atoms with E-state index in [1.807, 2.05) is 12.1 Å². The Morgan fingerprint density at radius 3 is 2.47 bits per heavy atom. The van der Waals surface area contributed by atoms with E-state index in [2.05, 4.69) is 31.3 Å². The van der Waals surface area contributed by atoms with Crippen LogP contribution in [0.3, 0.4) is 0 Å². The van der Waals surface area contributed by atoms with Crippen LogP contribution in [0.1, 0.15) is 65.3 Å². The molecule has 0 saturated heterocycles. The molecular weight excluding hydrogens is 234 g/mol. The fraction of sp³-hybridized carbons (Fsp3) is 0.588. The van der Waals surface area contributed by atoms with Gasteiger partial charge in [-0.2, -0.15) is 0 Å². The van der Waals surface area contributed by atoms with Crippen molar-refractivity contribution in [3.63, 3.8) is 0 Å². The van der Waals surface area contributed by atoms with Crippen LogP contribution in [0.15, 0.2) is 24.3 Å². The summed E-state index contributed by atoms with van der Waals surface area (Å²) in [6.45, 7) is 4.43. The summed E-state index contributed by atoms with van der Waals surface area (Å²) >= 11 is 0. The van der Waals surface area contributed by atoms with Gasteiger partial charge < -0.3 is 5.32 Å². The van der Waals surface area contributed by atoms with E-state index >= 15 is 0 Å². The van der Waals surface area contributed by atoms with E-state index in [9.17, 15) is 4.79 Å². The van der Waals surface area contributed by atoms with Gasteiger partial charge in [0.05, 0.1) is 0 Å². The van der Waals surface area contributed by atoms with Crippen molar-refractivity contribution in [2.24, 2.45) is 5.92 Å². The van der Waals surface area contributed by atoms with Crippen molar-refractivity contribution in [3.8, 4) is 0 Å². The van der Waals surface area contributed by atoms with E-state index in [4.69, 9.17) is 0 Å². The highest BCUT2D eigenvalue weighted by atomic mass is 16.1. The molecule has 1 atom stereocenters. The fourth-order valence-electron chi connectivity index (χ4n) is 2.74. The molecule has 0 heterocycles. The fourth-order valence-corrected chi connectivity index (χ4v) is 2.74. The van der Waals surface area contributed by atoms with Gasteiger partial charge in [-0.15, -0.1) is 0 Å². The third-order valence-electron chi connectivity index (χ3n) is 4.34. The van der Waals surface area contributed by atoms with Gasteiger partial charge in [-0.05, 0) is 42.9 Å². The molecule has 0 spiro atoms. The largest absolute Gasteiger partial charge is 0.326 e. The van der Waals surface area contributed by atoms with E-state index in [-0.39, 0.29) is 13.3 Å². The van der Waals surface area contributed by atoms with E-state index < -0.39 is 0 Å². The van der Waals surface area contributed by atoms with Gasteiger partial charge in [0.1, 0.15) is 0 Å². The minimum absolute atomic E-state index is 0. The molecule has 0 radical (unpaired) electrons. The molecule has 1 saturated carbocycles. The second-order valence-corrected chi connectivity index (χ2v) is 5.76. The van der Waals surface area contributed by atoms with Gasteiger partial charge in [0.25, 0.3) is 0 Å². The molecule has 0 bridgehead atoms. The van der Waals surface area contributed by atoms with Crippen molar-refractivity contribution in [2.45, 2.75) is 58.3 Å². The molecule has 1 aromatic carbocycles. The average Bonchev–Trinajstić information content (AvgIpc) is 2.48. The van der Waals surface area contributed by atoms with Crippen LogP contribution < -0.4 is 5.32 Å². The lowest BCUT2D eigenvalue weighted by Crippen LogP contribution is -2.24. The highest BCUT2D eigenvalue weighted by molar-refractivity contribution is 5.92. The number of benzene rings is 1. The molecule has 1 aromatic rings.